The third kappa shape index (κ3) is 3.85. The van der Waals surface area contributed by atoms with E-state index >= 15 is 0 Å². The van der Waals surface area contributed by atoms with Crippen LogP contribution in [0.1, 0.15) is 27.1 Å². The highest BCUT2D eigenvalue weighted by Crippen LogP contribution is 2.38. The minimum absolute atomic E-state index is 0.325. The number of anilines is 1. The number of ether oxygens (including phenoxy) is 3. The van der Waals surface area contributed by atoms with Gasteiger partial charge in [-0.15, -0.1) is 0 Å². The minimum atomic E-state index is -0.437. The first kappa shape index (κ1) is 17.1. The molecule has 7 heteroatoms. The van der Waals surface area contributed by atoms with Crippen LogP contribution in [-0.4, -0.2) is 32.2 Å². The highest BCUT2D eigenvalue weighted by atomic mass is 35.5. The monoisotopic (exact) mass is 361 g/mol. The zero-order chi connectivity index (χ0) is 17.8. The van der Waals surface area contributed by atoms with Gasteiger partial charge < -0.3 is 19.5 Å². The average Bonchev–Trinajstić information content (AvgIpc) is 2.87. The van der Waals surface area contributed by atoms with Crippen LogP contribution in [0.5, 0.6) is 11.5 Å². The van der Waals surface area contributed by atoms with Gasteiger partial charge in [0.15, 0.2) is 11.5 Å². The number of esters is 1. The van der Waals surface area contributed by atoms with Crippen molar-refractivity contribution in [2.24, 2.45) is 0 Å². The highest BCUT2D eigenvalue weighted by Gasteiger charge is 2.18. The Morgan fingerprint density at radius 2 is 1.80 bits per heavy atom. The molecule has 0 saturated heterocycles. The third-order valence-corrected chi connectivity index (χ3v) is 3.91. The van der Waals surface area contributed by atoms with E-state index in [-0.39, 0.29) is 5.91 Å². The van der Waals surface area contributed by atoms with Crippen molar-refractivity contribution >= 4 is 29.2 Å². The van der Waals surface area contributed by atoms with Crippen LogP contribution < -0.4 is 14.8 Å². The number of carbonyl (C=O) groups excluding carboxylic acids is 2. The lowest BCUT2D eigenvalue weighted by atomic mass is 10.1. The molecule has 130 valence electrons. The summed E-state index contributed by atoms with van der Waals surface area (Å²) in [5, 5.41) is 3.07. The van der Waals surface area contributed by atoms with Gasteiger partial charge in [0, 0.05) is 17.7 Å². The fourth-order valence-corrected chi connectivity index (χ4v) is 2.64. The van der Waals surface area contributed by atoms with Gasteiger partial charge in [0.2, 0.25) is 0 Å². The number of amides is 1. The summed E-state index contributed by atoms with van der Waals surface area (Å²) < 4.78 is 15.8. The minimum Gasteiger partial charge on any atom is -0.489 e. The molecular weight excluding hydrogens is 346 g/mol. The number of hydrogen-bond donors (Lipinski definition) is 1. The summed E-state index contributed by atoms with van der Waals surface area (Å²) in [7, 11) is 1.31. The van der Waals surface area contributed by atoms with Crippen LogP contribution in [0.4, 0.5) is 5.69 Å². The van der Waals surface area contributed by atoms with Gasteiger partial charge >= 0.3 is 5.97 Å². The van der Waals surface area contributed by atoms with E-state index in [2.05, 4.69) is 10.1 Å². The topological polar surface area (TPSA) is 73.9 Å². The summed E-state index contributed by atoms with van der Waals surface area (Å²) in [6.45, 7) is 1.02. The fourth-order valence-electron chi connectivity index (χ4n) is 2.37. The summed E-state index contributed by atoms with van der Waals surface area (Å²) in [4.78, 5) is 23.9. The van der Waals surface area contributed by atoms with E-state index in [1.165, 1.54) is 13.2 Å². The molecule has 1 aliphatic rings. The predicted molar refractivity (Wildman–Crippen MR) is 92.8 cm³/mol. The van der Waals surface area contributed by atoms with Crippen LogP contribution in [0, 0.1) is 0 Å². The number of rotatable bonds is 3. The first-order valence-corrected chi connectivity index (χ1v) is 8.05. The fraction of sp³-hybridized carbons (Fsp3) is 0.222. The Hall–Kier alpha value is -2.73. The van der Waals surface area contributed by atoms with Crippen molar-refractivity contribution in [2.75, 3.05) is 25.6 Å². The van der Waals surface area contributed by atoms with Crippen molar-refractivity contribution in [1.82, 2.24) is 0 Å². The van der Waals surface area contributed by atoms with Crippen LogP contribution in [0.25, 0.3) is 0 Å². The summed E-state index contributed by atoms with van der Waals surface area (Å²) in [5.41, 5.74) is 1.30. The van der Waals surface area contributed by atoms with E-state index in [1.807, 2.05) is 0 Å². The molecule has 0 bridgehead atoms. The molecule has 0 saturated carbocycles. The Morgan fingerprint density at radius 3 is 2.52 bits per heavy atom. The number of nitrogens with one attached hydrogen (secondary N) is 1. The molecule has 3 rings (SSSR count). The van der Waals surface area contributed by atoms with Gasteiger partial charge in [-0.1, -0.05) is 11.6 Å². The molecule has 25 heavy (non-hydrogen) atoms. The van der Waals surface area contributed by atoms with Crippen LogP contribution >= 0.6 is 11.6 Å². The molecule has 2 aromatic carbocycles. The summed E-state index contributed by atoms with van der Waals surface area (Å²) in [6, 6.07) is 9.52. The molecule has 0 aromatic heterocycles. The van der Waals surface area contributed by atoms with Crippen LogP contribution in [0.2, 0.25) is 5.02 Å². The Morgan fingerprint density at radius 1 is 1.08 bits per heavy atom. The standard InChI is InChI=1S/C18H16ClNO5/c1-23-18(22)11-3-5-13(6-4-11)20-17(21)12-9-14(19)16-15(10-12)24-7-2-8-25-16/h3-6,9-10H,2,7-8H2,1H3,(H,20,21). The summed E-state index contributed by atoms with van der Waals surface area (Å²) >= 11 is 6.20. The van der Waals surface area contributed by atoms with Crippen molar-refractivity contribution in [1.29, 1.82) is 0 Å². The van der Waals surface area contributed by atoms with Crippen LogP contribution in [0.3, 0.4) is 0 Å². The van der Waals surface area contributed by atoms with Gasteiger partial charge in [-0.2, -0.15) is 0 Å². The molecule has 0 atom stereocenters. The van der Waals surface area contributed by atoms with Gasteiger partial charge in [-0.25, -0.2) is 4.79 Å². The number of benzene rings is 2. The number of methoxy groups -OCH3 is 1. The van der Waals surface area contributed by atoms with Gasteiger partial charge in [-0.3, -0.25) is 4.79 Å². The number of carbonyl (C=O) groups is 2. The lowest BCUT2D eigenvalue weighted by Gasteiger charge is -2.12. The summed E-state index contributed by atoms with van der Waals surface area (Å²) in [6.07, 6.45) is 0.749. The third-order valence-electron chi connectivity index (χ3n) is 3.63. The van der Waals surface area contributed by atoms with Crippen LogP contribution in [-0.2, 0) is 4.74 Å². The van der Waals surface area contributed by atoms with Gasteiger partial charge in [0.25, 0.3) is 5.91 Å². The molecule has 1 amide bonds. The smallest absolute Gasteiger partial charge is 0.337 e. The molecule has 1 aliphatic heterocycles. The van der Waals surface area contributed by atoms with Crippen molar-refractivity contribution in [3.8, 4) is 11.5 Å². The maximum absolute atomic E-state index is 12.5. The lowest BCUT2D eigenvalue weighted by molar-refractivity contribution is 0.0600. The van der Waals surface area contributed by atoms with Gasteiger partial charge in [0.05, 0.1) is 30.9 Å². The first-order valence-electron chi connectivity index (χ1n) is 7.67. The molecule has 0 unspecified atom stereocenters. The van der Waals surface area contributed by atoms with Gasteiger partial charge in [-0.05, 0) is 36.4 Å². The second-order valence-electron chi connectivity index (χ2n) is 5.36. The molecule has 2 aromatic rings. The van der Waals surface area contributed by atoms with E-state index in [9.17, 15) is 9.59 Å². The van der Waals surface area contributed by atoms with E-state index in [0.29, 0.717) is 46.5 Å². The largest absolute Gasteiger partial charge is 0.489 e. The molecule has 0 fully saturated rings. The van der Waals surface area contributed by atoms with Crippen LogP contribution in [0.15, 0.2) is 36.4 Å². The molecular formula is C18H16ClNO5. The molecule has 0 radical (unpaired) electrons. The van der Waals surface area contributed by atoms with E-state index in [4.69, 9.17) is 21.1 Å². The Bertz CT molecular complexity index is 804. The van der Waals surface area contributed by atoms with Crippen molar-refractivity contribution < 1.29 is 23.8 Å². The van der Waals surface area contributed by atoms with Gasteiger partial charge in [0.1, 0.15) is 0 Å². The van der Waals surface area contributed by atoms with Crippen molar-refractivity contribution in [3.05, 3.63) is 52.5 Å². The lowest BCUT2D eigenvalue weighted by Crippen LogP contribution is -2.12. The molecule has 1 N–H and O–H groups in total. The highest BCUT2D eigenvalue weighted by molar-refractivity contribution is 6.32. The molecule has 0 aliphatic carbocycles. The second kappa shape index (κ2) is 7.44. The second-order valence-corrected chi connectivity index (χ2v) is 5.77. The maximum atomic E-state index is 12.5. The molecule has 0 spiro atoms. The van der Waals surface area contributed by atoms with E-state index in [0.717, 1.165) is 6.42 Å². The Labute approximate surface area is 149 Å². The normalized spacial score (nSPS) is 12.9. The Kier molecular flexibility index (Phi) is 5.09. The van der Waals surface area contributed by atoms with Crippen molar-refractivity contribution in [3.63, 3.8) is 0 Å². The zero-order valence-corrected chi connectivity index (χ0v) is 14.3. The number of fused-ring (bicyclic) bond motifs is 1. The van der Waals surface area contributed by atoms with Crippen molar-refractivity contribution in [2.45, 2.75) is 6.42 Å². The SMILES string of the molecule is COC(=O)c1ccc(NC(=O)c2cc(Cl)c3c(c2)OCCCO3)cc1. The number of halogens is 1. The molecule has 1 heterocycles. The maximum Gasteiger partial charge on any atom is 0.337 e. The zero-order valence-electron chi connectivity index (χ0n) is 13.5. The van der Waals surface area contributed by atoms with E-state index < -0.39 is 5.97 Å². The summed E-state index contributed by atoms with van der Waals surface area (Å²) in [5.74, 6) is 0.130. The first-order chi connectivity index (χ1) is 12.1. The number of hydrogen-bond acceptors (Lipinski definition) is 5. The quantitative estimate of drug-likeness (QED) is 0.846. The Balaban J connectivity index is 1.78. The van der Waals surface area contributed by atoms with E-state index in [1.54, 1.807) is 30.3 Å². The average molecular weight is 362 g/mol. The predicted octanol–water partition coefficient (Wildman–Crippen LogP) is 3.54. The molecule has 6 nitrogen and oxygen atoms in total.